The second kappa shape index (κ2) is 7.38. The Bertz CT molecular complexity index is 968. The molecule has 0 bridgehead atoms. The van der Waals surface area contributed by atoms with Gasteiger partial charge in [-0.3, -0.25) is 9.78 Å². The highest BCUT2D eigenvalue weighted by atomic mass is 16.1. The van der Waals surface area contributed by atoms with Gasteiger partial charge in [0.1, 0.15) is 0 Å². The average Bonchev–Trinajstić information content (AvgIpc) is 2.71. The third-order valence-electron chi connectivity index (χ3n) is 5.54. The zero-order valence-electron chi connectivity index (χ0n) is 15.9. The van der Waals surface area contributed by atoms with E-state index >= 15 is 0 Å². The number of rotatable bonds is 6. The van der Waals surface area contributed by atoms with Crippen molar-refractivity contribution in [3.05, 3.63) is 72.1 Å². The van der Waals surface area contributed by atoms with Crippen LogP contribution in [0.1, 0.15) is 35.3 Å². The van der Waals surface area contributed by atoms with Crippen molar-refractivity contribution in [1.29, 1.82) is 0 Å². The molecule has 0 unspecified atom stereocenters. The third-order valence-corrected chi connectivity index (χ3v) is 5.54. The van der Waals surface area contributed by atoms with Gasteiger partial charge in [-0.05, 0) is 49.2 Å². The Kier molecular flexibility index (Phi) is 4.77. The fourth-order valence-corrected chi connectivity index (χ4v) is 3.82. The minimum absolute atomic E-state index is 0.0895. The van der Waals surface area contributed by atoms with E-state index < -0.39 is 5.91 Å². The predicted molar refractivity (Wildman–Crippen MR) is 109 cm³/mol. The second-order valence-electron chi connectivity index (χ2n) is 7.43. The summed E-state index contributed by atoms with van der Waals surface area (Å²) in [5.41, 5.74) is 8.60. The lowest BCUT2D eigenvalue weighted by molar-refractivity contribution is 0.100. The maximum absolute atomic E-state index is 11.4. The summed E-state index contributed by atoms with van der Waals surface area (Å²) >= 11 is 0. The smallest absolute Gasteiger partial charge is 0.248 e. The average molecular weight is 373 g/mol. The fourth-order valence-electron chi connectivity index (χ4n) is 3.82. The van der Waals surface area contributed by atoms with Crippen LogP contribution in [-0.2, 0) is 5.41 Å². The van der Waals surface area contributed by atoms with Crippen LogP contribution in [0.3, 0.4) is 0 Å². The molecule has 2 N–H and O–H groups in total. The van der Waals surface area contributed by atoms with Gasteiger partial charge in [0, 0.05) is 42.0 Å². The van der Waals surface area contributed by atoms with Crippen molar-refractivity contribution in [1.82, 2.24) is 15.2 Å². The van der Waals surface area contributed by atoms with Crippen molar-refractivity contribution in [2.75, 3.05) is 18.5 Å². The van der Waals surface area contributed by atoms with Gasteiger partial charge in [0.25, 0.3) is 0 Å². The van der Waals surface area contributed by atoms with Crippen molar-refractivity contribution in [3.63, 3.8) is 0 Å². The highest BCUT2D eigenvalue weighted by Gasteiger charge is 2.41. The normalized spacial score (nSPS) is 14.9. The van der Waals surface area contributed by atoms with Gasteiger partial charge in [-0.2, -0.15) is 0 Å². The van der Waals surface area contributed by atoms with Gasteiger partial charge in [-0.1, -0.05) is 24.6 Å². The Balaban J connectivity index is 1.52. The molecule has 0 aliphatic heterocycles. The molecule has 2 heterocycles. The molecule has 1 aliphatic carbocycles. The Morgan fingerprint density at radius 1 is 1.11 bits per heavy atom. The zero-order valence-corrected chi connectivity index (χ0v) is 15.9. The first kappa shape index (κ1) is 18.1. The van der Waals surface area contributed by atoms with Crippen molar-refractivity contribution < 1.29 is 4.79 Å². The van der Waals surface area contributed by atoms with Crippen molar-refractivity contribution in [2.45, 2.75) is 24.7 Å². The lowest BCUT2D eigenvalue weighted by atomic mass is 9.66. The molecule has 0 saturated heterocycles. The van der Waals surface area contributed by atoms with Gasteiger partial charge < -0.3 is 10.6 Å². The molecule has 2 aromatic heterocycles. The number of hydrogen-bond acceptors (Lipinski definition) is 5. The maximum Gasteiger partial charge on any atom is 0.248 e. The highest BCUT2D eigenvalue weighted by Crippen LogP contribution is 2.43. The van der Waals surface area contributed by atoms with E-state index in [1.807, 2.05) is 37.5 Å². The SMILES string of the molecule is CN(CC1(c2ccccn2)CCC1)c1ccc(-c2cccc(C(N)=O)c2)nn1. The predicted octanol–water partition coefficient (Wildman–Crippen LogP) is 3.20. The molecular weight excluding hydrogens is 350 g/mol. The lowest BCUT2D eigenvalue weighted by Crippen LogP contribution is -2.45. The van der Waals surface area contributed by atoms with Crippen LogP contribution in [0.15, 0.2) is 60.8 Å². The number of nitrogens with zero attached hydrogens (tertiary/aromatic N) is 4. The molecule has 142 valence electrons. The summed E-state index contributed by atoms with van der Waals surface area (Å²) < 4.78 is 0. The van der Waals surface area contributed by atoms with E-state index in [0.717, 1.165) is 36.5 Å². The Hall–Kier alpha value is -3.28. The summed E-state index contributed by atoms with van der Waals surface area (Å²) in [6.45, 7) is 0.856. The van der Waals surface area contributed by atoms with Crippen molar-refractivity contribution in [3.8, 4) is 11.3 Å². The Morgan fingerprint density at radius 2 is 1.96 bits per heavy atom. The van der Waals surface area contributed by atoms with Crippen LogP contribution >= 0.6 is 0 Å². The molecule has 0 radical (unpaired) electrons. The first-order chi connectivity index (χ1) is 13.6. The Morgan fingerprint density at radius 3 is 2.57 bits per heavy atom. The van der Waals surface area contributed by atoms with Crippen LogP contribution in [0.2, 0.25) is 0 Å². The minimum Gasteiger partial charge on any atom is -0.366 e. The topological polar surface area (TPSA) is 85.0 Å². The van der Waals surface area contributed by atoms with Crippen LogP contribution in [0.4, 0.5) is 5.82 Å². The molecule has 6 heteroatoms. The molecule has 1 aromatic carbocycles. The first-order valence-corrected chi connectivity index (χ1v) is 9.44. The second-order valence-corrected chi connectivity index (χ2v) is 7.43. The number of aromatic nitrogens is 3. The summed E-state index contributed by atoms with van der Waals surface area (Å²) in [6, 6.07) is 17.1. The number of likely N-dealkylation sites (N-methyl/N-ethyl adjacent to an activating group) is 1. The standard InChI is InChI=1S/C22H23N5O/c1-27(15-22(11-5-12-22)19-8-2-3-13-24-19)20-10-9-18(25-26-20)16-6-4-7-17(14-16)21(23)28/h2-4,6-10,13-14H,5,11-12,15H2,1H3,(H2,23,28). The molecule has 1 amide bonds. The van der Waals surface area contributed by atoms with E-state index in [-0.39, 0.29) is 5.41 Å². The maximum atomic E-state index is 11.4. The Labute approximate surface area is 164 Å². The minimum atomic E-state index is -0.452. The van der Waals surface area contributed by atoms with E-state index in [4.69, 9.17) is 5.73 Å². The van der Waals surface area contributed by atoms with E-state index in [0.29, 0.717) is 11.3 Å². The van der Waals surface area contributed by atoms with Crippen LogP contribution in [0.25, 0.3) is 11.3 Å². The summed E-state index contributed by atoms with van der Waals surface area (Å²) in [5.74, 6) is 0.364. The number of pyridine rings is 1. The number of carbonyl (C=O) groups excluding carboxylic acids is 1. The van der Waals surface area contributed by atoms with E-state index in [1.165, 1.54) is 6.42 Å². The molecule has 4 rings (SSSR count). The van der Waals surface area contributed by atoms with Gasteiger partial charge in [-0.15, -0.1) is 10.2 Å². The van der Waals surface area contributed by atoms with Gasteiger partial charge >= 0.3 is 0 Å². The van der Waals surface area contributed by atoms with Crippen LogP contribution in [-0.4, -0.2) is 34.7 Å². The molecule has 0 atom stereocenters. The molecule has 3 aromatic rings. The van der Waals surface area contributed by atoms with Gasteiger partial charge in [0.2, 0.25) is 5.91 Å². The fraction of sp³-hybridized carbons (Fsp3) is 0.273. The van der Waals surface area contributed by atoms with E-state index in [1.54, 1.807) is 18.2 Å². The van der Waals surface area contributed by atoms with E-state index in [2.05, 4.69) is 32.2 Å². The van der Waals surface area contributed by atoms with Gasteiger partial charge in [0.15, 0.2) is 5.82 Å². The molecular formula is C22H23N5O. The highest BCUT2D eigenvalue weighted by molar-refractivity contribution is 5.93. The van der Waals surface area contributed by atoms with Gasteiger partial charge in [-0.25, -0.2) is 0 Å². The first-order valence-electron chi connectivity index (χ1n) is 9.44. The number of nitrogens with two attached hydrogens (primary N) is 1. The summed E-state index contributed by atoms with van der Waals surface area (Å²) in [6.07, 6.45) is 5.37. The number of amides is 1. The van der Waals surface area contributed by atoms with Crippen molar-refractivity contribution >= 4 is 11.7 Å². The molecule has 1 saturated carbocycles. The number of primary amides is 1. The van der Waals surface area contributed by atoms with E-state index in [9.17, 15) is 4.79 Å². The quantitative estimate of drug-likeness (QED) is 0.717. The molecule has 1 aliphatic rings. The number of carbonyl (C=O) groups is 1. The number of hydrogen-bond donors (Lipinski definition) is 1. The van der Waals surface area contributed by atoms with Crippen molar-refractivity contribution in [2.24, 2.45) is 5.73 Å². The molecule has 0 spiro atoms. The largest absolute Gasteiger partial charge is 0.366 e. The van der Waals surface area contributed by atoms with Crippen LogP contribution in [0.5, 0.6) is 0 Å². The third kappa shape index (κ3) is 3.45. The van der Waals surface area contributed by atoms with Crippen LogP contribution in [0, 0.1) is 0 Å². The molecule has 1 fully saturated rings. The summed E-state index contributed by atoms with van der Waals surface area (Å²) in [7, 11) is 2.04. The monoisotopic (exact) mass is 373 g/mol. The van der Waals surface area contributed by atoms with Gasteiger partial charge in [0.05, 0.1) is 5.69 Å². The lowest BCUT2D eigenvalue weighted by Gasteiger charge is -2.44. The van der Waals surface area contributed by atoms with Crippen LogP contribution < -0.4 is 10.6 Å². The zero-order chi connectivity index (χ0) is 19.6. The summed E-state index contributed by atoms with van der Waals surface area (Å²) in [5, 5.41) is 8.76. The molecule has 6 nitrogen and oxygen atoms in total. The summed E-state index contributed by atoms with van der Waals surface area (Å²) in [4.78, 5) is 18.1. The molecule has 28 heavy (non-hydrogen) atoms. The number of anilines is 1. The number of benzene rings is 1.